The van der Waals surface area contributed by atoms with Crippen molar-refractivity contribution in [2.75, 3.05) is 43.2 Å². The van der Waals surface area contributed by atoms with Crippen LogP contribution >= 0.6 is 0 Å². The smallest absolute Gasteiger partial charge is 0.338 e. The summed E-state index contributed by atoms with van der Waals surface area (Å²) in [6.45, 7) is 2.22. The Morgan fingerprint density at radius 2 is 1.61 bits per heavy atom. The molecular formula is C28H28N4O4. The second-order valence-corrected chi connectivity index (χ2v) is 8.40. The molecule has 0 saturated heterocycles. The van der Waals surface area contributed by atoms with Crippen molar-refractivity contribution in [3.05, 3.63) is 89.5 Å². The van der Waals surface area contributed by atoms with Crippen molar-refractivity contribution < 1.29 is 19.1 Å². The number of rotatable bonds is 8. The van der Waals surface area contributed by atoms with Gasteiger partial charge in [0, 0.05) is 31.0 Å². The Hall–Kier alpha value is -4.59. The van der Waals surface area contributed by atoms with Crippen LogP contribution < -0.4 is 16.0 Å². The quantitative estimate of drug-likeness (QED) is 0.326. The number of hydrogen-bond acceptors (Lipinski definition) is 6. The van der Waals surface area contributed by atoms with Crippen molar-refractivity contribution >= 4 is 46.1 Å². The van der Waals surface area contributed by atoms with Gasteiger partial charge in [-0.15, -0.1) is 0 Å². The maximum Gasteiger partial charge on any atom is 0.338 e. The summed E-state index contributed by atoms with van der Waals surface area (Å²) in [5, 5.41) is 9.38. The fourth-order valence-corrected chi connectivity index (χ4v) is 3.80. The van der Waals surface area contributed by atoms with Gasteiger partial charge >= 0.3 is 5.97 Å². The first-order valence-corrected chi connectivity index (χ1v) is 11.6. The van der Waals surface area contributed by atoms with Gasteiger partial charge in [-0.25, -0.2) is 4.79 Å². The van der Waals surface area contributed by atoms with Gasteiger partial charge in [-0.1, -0.05) is 36.4 Å². The molecule has 0 aliphatic carbocycles. The Bertz CT molecular complexity index is 1320. The fraction of sp³-hybridized carbons (Fsp3) is 0.179. The molecule has 1 aliphatic heterocycles. The molecule has 0 spiro atoms. The van der Waals surface area contributed by atoms with Crippen LogP contribution in [0.25, 0.3) is 11.3 Å². The molecule has 3 N–H and O–H groups in total. The topological polar surface area (TPSA) is 99.8 Å². The van der Waals surface area contributed by atoms with Crippen molar-refractivity contribution in [3.63, 3.8) is 0 Å². The lowest BCUT2D eigenvalue weighted by Crippen LogP contribution is -2.28. The van der Waals surface area contributed by atoms with E-state index in [1.807, 2.05) is 54.6 Å². The molecule has 184 valence electrons. The normalized spacial score (nSPS) is 13.4. The summed E-state index contributed by atoms with van der Waals surface area (Å²) >= 11 is 0. The maximum absolute atomic E-state index is 13.1. The zero-order chi connectivity index (χ0) is 25.7. The summed E-state index contributed by atoms with van der Waals surface area (Å²) in [6.07, 6.45) is 0. The van der Waals surface area contributed by atoms with Gasteiger partial charge in [0.05, 0.1) is 35.7 Å². The van der Waals surface area contributed by atoms with E-state index in [4.69, 9.17) is 4.74 Å². The monoisotopic (exact) mass is 484 g/mol. The minimum absolute atomic E-state index is 0.0228. The molecule has 0 bridgehead atoms. The van der Waals surface area contributed by atoms with E-state index in [0.29, 0.717) is 28.1 Å². The molecule has 0 atom stereocenters. The van der Waals surface area contributed by atoms with Crippen LogP contribution in [0.3, 0.4) is 0 Å². The van der Waals surface area contributed by atoms with Gasteiger partial charge < -0.3 is 25.6 Å². The first-order chi connectivity index (χ1) is 17.4. The SMILES string of the molecule is CCOC(=O)c1ccc2c(c1)NC(=O)/C2=C(\Nc1ccc(NCC(=O)N(C)C)cc1)c1ccccc1. The van der Waals surface area contributed by atoms with Crippen LogP contribution in [0.1, 0.15) is 28.4 Å². The van der Waals surface area contributed by atoms with E-state index in [2.05, 4.69) is 16.0 Å². The number of amides is 2. The second-order valence-electron chi connectivity index (χ2n) is 8.40. The zero-order valence-electron chi connectivity index (χ0n) is 20.4. The largest absolute Gasteiger partial charge is 0.462 e. The Labute approximate surface area is 210 Å². The van der Waals surface area contributed by atoms with Crippen LogP contribution in [0.15, 0.2) is 72.8 Å². The lowest BCUT2D eigenvalue weighted by atomic mass is 9.99. The van der Waals surface area contributed by atoms with Crippen LogP contribution in [0.4, 0.5) is 17.1 Å². The van der Waals surface area contributed by atoms with Crippen LogP contribution in [-0.4, -0.2) is 49.9 Å². The Morgan fingerprint density at radius 3 is 2.28 bits per heavy atom. The van der Waals surface area contributed by atoms with Gasteiger partial charge in [0.15, 0.2) is 0 Å². The number of benzene rings is 3. The fourth-order valence-electron chi connectivity index (χ4n) is 3.80. The number of carbonyl (C=O) groups excluding carboxylic acids is 3. The average molecular weight is 485 g/mol. The average Bonchev–Trinajstić information content (AvgIpc) is 3.21. The molecular weight excluding hydrogens is 456 g/mol. The highest BCUT2D eigenvalue weighted by atomic mass is 16.5. The maximum atomic E-state index is 13.1. The molecule has 1 heterocycles. The molecule has 3 aromatic carbocycles. The van der Waals surface area contributed by atoms with Crippen molar-refractivity contribution in [1.82, 2.24) is 4.90 Å². The summed E-state index contributed by atoms with van der Waals surface area (Å²) in [4.78, 5) is 38.7. The molecule has 0 radical (unpaired) electrons. The van der Waals surface area contributed by atoms with Crippen molar-refractivity contribution in [1.29, 1.82) is 0 Å². The first-order valence-electron chi connectivity index (χ1n) is 11.6. The first kappa shape index (κ1) is 24.5. The van der Waals surface area contributed by atoms with Crippen molar-refractivity contribution in [2.24, 2.45) is 0 Å². The van der Waals surface area contributed by atoms with Crippen LogP contribution in [0, 0.1) is 0 Å². The number of ether oxygens (including phenoxy) is 1. The molecule has 0 saturated carbocycles. The number of anilines is 3. The Balaban J connectivity index is 1.67. The number of nitrogens with one attached hydrogen (secondary N) is 3. The lowest BCUT2D eigenvalue weighted by molar-refractivity contribution is -0.126. The zero-order valence-corrected chi connectivity index (χ0v) is 20.4. The van der Waals surface area contributed by atoms with E-state index in [-0.39, 0.29) is 25.0 Å². The molecule has 0 fully saturated rings. The third kappa shape index (κ3) is 5.38. The summed E-state index contributed by atoms with van der Waals surface area (Å²) in [6, 6.07) is 22.1. The van der Waals surface area contributed by atoms with Gasteiger partial charge in [-0.05, 0) is 48.9 Å². The predicted octanol–water partition coefficient (Wildman–Crippen LogP) is 4.30. The minimum atomic E-state index is -0.436. The molecule has 0 unspecified atom stereocenters. The van der Waals surface area contributed by atoms with Gasteiger partial charge in [-0.2, -0.15) is 0 Å². The molecule has 0 aromatic heterocycles. The third-order valence-electron chi connectivity index (χ3n) is 5.68. The van der Waals surface area contributed by atoms with E-state index in [1.165, 1.54) is 4.90 Å². The molecule has 1 aliphatic rings. The molecule has 8 heteroatoms. The highest BCUT2D eigenvalue weighted by Gasteiger charge is 2.29. The third-order valence-corrected chi connectivity index (χ3v) is 5.68. The van der Waals surface area contributed by atoms with E-state index in [1.54, 1.807) is 39.2 Å². The number of esters is 1. The van der Waals surface area contributed by atoms with Gasteiger partial charge in [-0.3, -0.25) is 9.59 Å². The highest BCUT2D eigenvalue weighted by Crippen LogP contribution is 2.38. The van der Waals surface area contributed by atoms with Crippen LogP contribution in [-0.2, 0) is 14.3 Å². The van der Waals surface area contributed by atoms with E-state index >= 15 is 0 Å². The number of hydrogen-bond donors (Lipinski definition) is 3. The standard InChI is InChI=1S/C28H28N4O4/c1-4-36-28(35)19-10-15-22-23(16-19)31-27(34)25(22)26(18-8-6-5-7-9-18)30-21-13-11-20(12-14-21)29-17-24(33)32(2)3/h5-16,29-30H,4,17H2,1-3H3,(H,31,34)/b26-25-. The molecule has 36 heavy (non-hydrogen) atoms. The second kappa shape index (κ2) is 10.8. The van der Waals surface area contributed by atoms with Crippen molar-refractivity contribution in [2.45, 2.75) is 6.92 Å². The molecule has 3 aromatic rings. The van der Waals surface area contributed by atoms with Gasteiger partial charge in [0.2, 0.25) is 5.91 Å². The molecule has 8 nitrogen and oxygen atoms in total. The van der Waals surface area contributed by atoms with Crippen LogP contribution in [0.2, 0.25) is 0 Å². The van der Waals surface area contributed by atoms with E-state index in [0.717, 1.165) is 16.9 Å². The Kier molecular flexibility index (Phi) is 7.34. The molecule has 2 amide bonds. The summed E-state index contributed by atoms with van der Waals surface area (Å²) < 4.78 is 5.09. The van der Waals surface area contributed by atoms with E-state index in [9.17, 15) is 14.4 Å². The van der Waals surface area contributed by atoms with Crippen LogP contribution in [0.5, 0.6) is 0 Å². The number of carbonyl (C=O) groups is 3. The lowest BCUT2D eigenvalue weighted by Gasteiger charge is -2.16. The molecule has 4 rings (SSSR count). The predicted molar refractivity (Wildman–Crippen MR) is 142 cm³/mol. The summed E-state index contributed by atoms with van der Waals surface area (Å²) in [7, 11) is 3.43. The van der Waals surface area contributed by atoms with Gasteiger partial charge in [0.1, 0.15) is 0 Å². The Morgan fingerprint density at radius 1 is 0.917 bits per heavy atom. The van der Waals surface area contributed by atoms with E-state index < -0.39 is 5.97 Å². The summed E-state index contributed by atoms with van der Waals surface area (Å²) in [5.74, 6) is -0.725. The van der Waals surface area contributed by atoms with Crippen molar-refractivity contribution in [3.8, 4) is 0 Å². The van der Waals surface area contributed by atoms with Gasteiger partial charge in [0.25, 0.3) is 5.91 Å². The highest BCUT2D eigenvalue weighted by molar-refractivity contribution is 6.37. The number of fused-ring (bicyclic) bond motifs is 1. The summed E-state index contributed by atoms with van der Waals surface area (Å²) in [5.41, 5.74) is 5.16. The number of likely N-dealkylation sites (N-methyl/N-ethyl adjacent to an activating group) is 1. The number of nitrogens with zero attached hydrogens (tertiary/aromatic N) is 1. The minimum Gasteiger partial charge on any atom is -0.462 e.